The van der Waals surface area contributed by atoms with Crippen molar-refractivity contribution >= 4 is 0 Å². The van der Waals surface area contributed by atoms with E-state index in [-0.39, 0.29) is 0 Å². The second-order valence-electron chi connectivity index (χ2n) is 3.73. The van der Waals surface area contributed by atoms with Crippen molar-refractivity contribution < 1.29 is 5.11 Å². The maximum Gasteiger partial charge on any atom is 0.0456 e. The second kappa shape index (κ2) is 6.66. The van der Waals surface area contributed by atoms with Crippen LogP contribution in [-0.2, 0) is 0 Å². The van der Waals surface area contributed by atoms with E-state index in [9.17, 15) is 0 Å². The quantitative estimate of drug-likeness (QED) is 0.630. The summed E-state index contributed by atoms with van der Waals surface area (Å²) in [6.07, 6.45) is 5.06. The standard InChI is InChI=1S/C10H22O/c1-4-9(2)6-5-7-10(3)8-11/h9-11H,4-8H2,1-3H3/t9-,10-/m0/s1. The second-order valence-corrected chi connectivity index (χ2v) is 3.73. The average Bonchev–Trinajstić information content (AvgIpc) is 2.04. The van der Waals surface area contributed by atoms with E-state index in [1.807, 2.05) is 0 Å². The molecule has 1 nitrogen and oxygen atoms in total. The van der Waals surface area contributed by atoms with Crippen LogP contribution in [0.3, 0.4) is 0 Å². The molecule has 0 aliphatic rings. The highest BCUT2D eigenvalue weighted by Gasteiger charge is 2.02. The third-order valence-corrected chi connectivity index (χ3v) is 2.40. The van der Waals surface area contributed by atoms with Gasteiger partial charge in [0.2, 0.25) is 0 Å². The Morgan fingerprint density at radius 3 is 2.09 bits per heavy atom. The minimum absolute atomic E-state index is 0.348. The maximum absolute atomic E-state index is 8.76. The molecule has 0 aliphatic heterocycles. The Balaban J connectivity index is 3.13. The molecular formula is C10H22O. The molecule has 0 spiro atoms. The van der Waals surface area contributed by atoms with Gasteiger partial charge < -0.3 is 5.11 Å². The topological polar surface area (TPSA) is 20.2 Å². The van der Waals surface area contributed by atoms with Gasteiger partial charge in [0.25, 0.3) is 0 Å². The van der Waals surface area contributed by atoms with Crippen molar-refractivity contribution in [3.05, 3.63) is 0 Å². The number of hydrogen-bond donors (Lipinski definition) is 1. The Bertz CT molecular complexity index is 70.9. The molecule has 0 saturated heterocycles. The van der Waals surface area contributed by atoms with Gasteiger partial charge in [-0.2, -0.15) is 0 Å². The molecule has 2 atom stereocenters. The first-order valence-corrected chi connectivity index (χ1v) is 4.81. The fourth-order valence-corrected chi connectivity index (χ4v) is 1.11. The van der Waals surface area contributed by atoms with Crippen LogP contribution >= 0.6 is 0 Å². The SMILES string of the molecule is CC[C@H](C)CCC[C@H](C)CO. The lowest BCUT2D eigenvalue weighted by Gasteiger charge is -2.10. The van der Waals surface area contributed by atoms with Crippen molar-refractivity contribution in [2.24, 2.45) is 11.8 Å². The molecule has 0 amide bonds. The van der Waals surface area contributed by atoms with Crippen LogP contribution in [0, 0.1) is 11.8 Å². The normalized spacial score (nSPS) is 16.4. The summed E-state index contributed by atoms with van der Waals surface area (Å²) in [5.74, 6) is 1.36. The highest BCUT2D eigenvalue weighted by Crippen LogP contribution is 2.14. The number of aliphatic hydroxyl groups excluding tert-OH is 1. The molecule has 0 aromatic heterocycles. The van der Waals surface area contributed by atoms with Crippen LogP contribution in [0.5, 0.6) is 0 Å². The van der Waals surface area contributed by atoms with Crippen LogP contribution in [-0.4, -0.2) is 11.7 Å². The maximum atomic E-state index is 8.76. The van der Waals surface area contributed by atoms with E-state index in [2.05, 4.69) is 20.8 Å². The van der Waals surface area contributed by atoms with E-state index < -0.39 is 0 Å². The van der Waals surface area contributed by atoms with Gasteiger partial charge in [-0.05, 0) is 18.3 Å². The molecule has 1 N–H and O–H groups in total. The van der Waals surface area contributed by atoms with Crippen LogP contribution < -0.4 is 0 Å². The molecule has 0 rings (SSSR count). The Kier molecular flexibility index (Phi) is 6.63. The number of aliphatic hydroxyl groups is 1. The molecule has 0 aliphatic carbocycles. The fraction of sp³-hybridized carbons (Fsp3) is 1.00. The third-order valence-electron chi connectivity index (χ3n) is 2.40. The highest BCUT2D eigenvalue weighted by atomic mass is 16.3. The summed E-state index contributed by atoms with van der Waals surface area (Å²) in [5.41, 5.74) is 0. The van der Waals surface area contributed by atoms with Crippen LogP contribution in [0.15, 0.2) is 0 Å². The van der Waals surface area contributed by atoms with Gasteiger partial charge in [0.1, 0.15) is 0 Å². The highest BCUT2D eigenvalue weighted by molar-refractivity contribution is 4.54. The van der Waals surface area contributed by atoms with Crippen LogP contribution in [0.4, 0.5) is 0 Å². The van der Waals surface area contributed by atoms with E-state index in [1.54, 1.807) is 0 Å². The lowest BCUT2D eigenvalue weighted by Crippen LogP contribution is -2.01. The van der Waals surface area contributed by atoms with Gasteiger partial charge >= 0.3 is 0 Å². The summed E-state index contributed by atoms with van der Waals surface area (Å²) in [6.45, 7) is 6.99. The van der Waals surface area contributed by atoms with Gasteiger partial charge in [-0.25, -0.2) is 0 Å². The summed E-state index contributed by atoms with van der Waals surface area (Å²) in [5, 5.41) is 8.76. The van der Waals surface area contributed by atoms with Crippen molar-refractivity contribution in [1.82, 2.24) is 0 Å². The molecule has 0 saturated carbocycles. The van der Waals surface area contributed by atoms with Crippen LogP contribution in [0.2, 0.25) is 0 Å². The predicted molar refractivity (Wildman–Crippen MR) is 49.6 cm³/mol. The number of rotatable bonds is 6. The molecule has 68 valence electrons. The van der Waals surface area contributed by atoms with E-state index >= 15 is 0 Å². The van der Waals surface area contributed by atoms with Crippen molar-refractivity contribution in [1.29, 1.82) is 0 Å². The van der Waals surface area contributed by atoms with Gasteiger partial charge in [0.05, 0.1) is 0 Å². The van der Waals surface area contributed by atoms with Crippen molar-refractivity contribution in [3.63, 3.8) is 0 Å². The fourth-order valence-electron chi connectivity index (χ4n) is 1.11. The molecule has 0 radical (unpaired) electrons. The molecule has 1 heteroatoms. The molecule has 0 bridgehead atoms. The smallest absolute Gasteiger partial charge is 0.0456 e. The van der Waals surface area contributed by atoms with E-state index in [0.29, 0.717) is 12.5 Å². The van der Waals surface area contributed by atoms with Crippen molar-refractivity contribution in [2.45, 2.75) is 46.5 Å². The minimum atomic E-state index is 0.348. The van der Waals surface area contributed by atoms with Crippen LogP contribution in [0.1, 0.15) is 46.5 Å². The first-order chi connectivity index (χ1) is 5.20. The van der Waals surface area contributed by atoms with Gasteiger partial charge in [-0.1, -0.05) is 40.0 Å². The molecule has 0 heterocycles. The molecule has 0 aromatic carbocycles. The molecule has 0 aromatic rings. The summed E-state index contributed by atoms with van der Waals surface area (Å²) in [4.78, 5) is 0. The van der Waals surface area contributed by atoms with E-state index in [1.165, 1.54) is 25.7 Å². The van der Waals surface area contributed by atoms with Gasteiger partial charge in [-0.15, -0.1) is 0 Å². The van der Waals surface area contributed by atoms with Gasteiger partial charge in [0, 0.05) is 6.61 Å². The van der Waals surface area contributed by atoms with E-state index in [4.69, 9.17) is 5.11 Å². The summed E-state index contributed by atoms with van der Waals surface area (Å²) in [6, 6.07) is 0. The Morgan fingerprint density at radius 1 is 1.09 bits per heavy atom. The summed E-state index contributed by atoms with van der Waals surface area (Å²) in [7, 11) is 0. The lowest BCUT2D eigenvalue weighted by atomic mass is 9.98. The van der Waals surface area contributed by atoms with E-state index in [0.717, 1.165) is 5.92 Å². The molecule has 11 heavy (non-hydrogen) atoms. The van der Waals surface area contributed by atoms with Gasteiger partial charge in [-0.3, -0.25) is 0 Å². The summed E-state index contributed by atoms with van der Waals surface area (Å²) < 4.78 is 0. The first-order valence-electron chi connectivity index (χ1n) is 4.81. The average molecular weight is 158 g/mol. The minimum Gasteiger partial charge on any atom is -0.396 e. The van der Waals surface area contributed by atoms with Crippen molar-refractivity contribution in [3.8, 4) is 0 Å². The van der Waals surface area contributed by atoms with Crippen LogP contribution in [0.25, 0.3) is 0 Å². The lowest BCUT2D eigenvalue weighted by molar-refractivity contribution is 0.225. The zero-order valence-corrected chi connectivity index (χ0v) is 8.14. The Labute approximate surface area is 70.8 Å². The molecule has 0 unspecified atom stereocenters. The molecule has 0 fully saturated rings. The Hall–Kier alpha value is -0.0400. The first kappa shape index (κ1) is 11.0. The number of hydrogen-bond acceptors (Lipinski definition) is 1. The predicted octanol–water partition coefficient (Wildman–Crippen LogP) is 2.83. The molecular weight excluding hydrogens is 136 g/mol. The van der Waals surface area contributed by atoms with Crippen molar-refractivity contribution in [2.75, 3.05) is 6.61 Å². The van der Waals surface area contributed by atoms with Gasteiger partial charge in [0.15, 0.2) is 0 Å². The monoisotopic (exact) mass is 158 g/mol. The zero-order chi connectivity index (χ0) is 8.69. The Morgan fingerprint density at radius 2 is 1.64 bits per heavy atom. The largest absolute Gasteiger partial charge is 0.396 e. The third kappa shape index (κ3) is 6.36. The zero-order valence-electron chi connectivity index (χ0n) is 8.14. The summed E-state index contributed by atoms with van der Waals surface area (Å²) >= 11 is 0.